The second-order valence-corrected chi connectivity index (χ2v) is 13.3. The van der Waals surface area contributed by atoms with Crippen LogP contribution in [0.4, 0.5) is 11.5 Å². The number of ether oxygens (including phenoxy) is 1. The van der Waals surface area contributed by atoms with Gasteiger partial charge in [0.05, 0.1) is 12.2 Å². The second kappa shape index (κ2) is 14.5. The number of hydrogen-bond donors (Lipinski definition) is 2. The van der Waals surface area contributed by atoms with E-state index in [4.69, 9.17) is 14.1 Å². The molecule has 11 nitrogen and oxygen atoms in total. The predicted octanol–water partition coefficient (Wildman–Crippen LogP) is 7.05. The molecule has 0 amide bonds. The lowest BCUT2D eigenvalue weighted by atomic mass is 9.93. The topological polar surface area (TPSA) is 136 Å². The Balaban J connectivity index is 1.00. The monoisotopic (exact) mass is 706 g/mol. The largest absolute Gasteiger partial charge is 0.457 e. The summed E-state index contributed by atoms with van der Waals surface area (Å²) in [4.78, 5) is 41.8. The highest BCUT2D eigenvalue weighted by molar-refractivity contribution is 5.91. The Kier molecular flexibility index (Phi) is 9.26. The smallest absolute Gasteiger partial charge is 0.338 e. The number of aromatic nitrogens is 4. The average molecular weight is 707 g/mol. The molecule has 8 rings (SSSR count). The second-order valence-electron chi connectivity index (χ2n) is 13.3. The first-order valence-electron chi connectivity index (χ1n) is 17.7. The third-order valence-corrected chi connectivity index (χ3v) is 9.88. The van der Waals surface area contributed by atoms with Gasteiger partial charge in [-0.3, -0.25) is 14.7 Å². The molecule has 0 radical (unpaired) electrons. The van der Waals surface area contributed by atoms with Crippen LogP contribution in [0.15, 0.2) is 113 Å². The third-order valence-electron chi connectivity index (χ3n) is 9.88. The van der Waals surface area contributed by atoms with Crippen LogP contribution in [-0.4, -0.2) is 61.3 Å². The molecule has 0 spiro atoms. The van der Waals surface area contributed by atoms with Crippen molar-refractivity contribution in [3.63, 3.8) is 0 Å². The van der Waals surface area contributed by atoms with Crippen molar-refractivity contribution in [3.8, 4) is 22.6 Å². The molecule has 0 aliphatic carbocycles. The van der Waals surface area contributed by atoms with Gasteiger partial charge < -0.3 is 24.1 Å². The minimum Gasteiger partial charge on any atom is -0.457 e. The number of esters is 1. The summed E-state index contributed by atoms with van der Waals surface area (Å²) in [6, 6.07) is 27.0. The van der Waals surface area contributed by atoms with Crippen LogP contribution in [0.2, 0.25) is 0 Å². The maximum atomic E-state index is 12.9. The van der Waals surface area contributed by atoms with E-state index < -0.39 is 0 Å². The Labute approximate surface area is 305 Å². The number of aliphatic hydroxyl groups excluding tert-OH is 1. The van der Waals surface area contributed by atoms with Crippen molar-refractivity contribution >= 4 is 39.5 Å². The van der Waals surface area contributed by atoms with Gasteiger partial charge in [-0.2, -0.15) is 0 Å². The number of oxazole rings is 1. The highest BCUT2D eigenvalue weighted by atomic mass is 16.5. The van der Waals surface area contributed by atoms with E-state index in [9.17, 15) is 14.7 Å². The van der Waals surface area contributed by atoms with Crippen molar-refractivity contribution in [2.45, 2.75) is 39.5 Å². The lowest BCUT2D eigenvalue weighted by molar-refractivity contribution is 0.0320. The molecule has 1 aliphatic rings. The maximum absolute atomic E-state index is 12.9. The number of fused-ring (bicyclic) bond motifs is 2. The van der Waals surface area contributed by atoms with Crippen molar-refractivity contribution in [1.82, 2.24) is 24.4 Å². The van der Waals surface area contributed by atoms with Crippen LogP contribution >= 0.6 is 0 Å². The van der Waals surface area contributed by atoms with E-state index in [0.29, 0.717) is 35.9 Å². The molecule has 0 bridgehead atoms. The molecule has 1 fully saturated rings. The third kappa shape index (κ3) is 6.79. The molecule has 7 aromatic rings. The van der Waals surface area contributed by atoms with Crippen LogP contribution < -0.4 is 10.9 Å². The number of aliphatic hydroxyl groups is 1. The van der Waals surface area contributed by atoms with Gasteiger partial charge in [-0.1, -0.05) is 42.5 Å². The first-order chi connectivity index (χ1) is 25.9. The summed E-state index contributed by atoms with van der Waals surface area (Å²) >= 11 is 0. The molecule has 2 N–H and O–H groups in total. The van der Waals surface area contributed by atoms with Gasteiger partial charge in [0.15, 0.2) is 16.9 Å². The zero-order chi connectivity index (χ0) is 36.5. The predicted molar refractivity (Wildman–Crippen MR) is 204 cm³/mol. The average Bonchev–Trinajstić information content (AvgIpc) is 3.81. The van der Waals surface area contributed by atoms with Crippen LogP contribution in [0.5, 0.6) is 0 Å². The molecule has 11 heteroatoms. The molecule has 0 saturated carbocycles. The number of benzene rings is 3. The fourth-order valence-electron chi connectivity index (χ4n) is 7.08. The van der Waals surface area contributed by atoms with E-state index in [1.807, 2.05) is 61.7 Å². The zero-order valence-corrected chi connectivity index (χ0v) is 29.5. The number of carbonyl (C=O) groups excluding carboxylic acids is 1. The van der Waals surface area contributed by atoms with Crippen LogP contribution in [-0.2, 0) is 17.8 Å². The van der Waals surface area contributed by atoms with Crippen molar-refractivity contribution in [1.29, 1.82) is 0 Å². The minimum absolute atomic E-state index is 0.138. The summed E-state index contributed by atoms with van der Waals surface area (Å²) in [6.45, 7) is 6.37. The van der Waals surface area contributed by atoms with Gasteiger partial charge in [0.2, 0.25) is 5.89 Å². The fourth-order valence-corrected chi connectivity index (χ4v) is 7.08. The van der Waals surface area contributed by atoms with E-state index in [-0.39, 0.29) is 36.3 Å². The number of likely N-dealkylation sites (tertiary alicyclic amines) is 1. The van der Waals surface area contributed by atoms with E-state index in [2.05, 4.69) is 45.3 Å². The number of pyridine rings is 3. The molecule has 0 unspecified atom stereocenters. The first kappa shape index (κ1) is 33.9. The summed E-state index contributed by atoms with van der Waals surface area (Å²) in [7, 11) is 0. The van der Waals surface area contributed by atoms with Gasteiger partial charge in [-0.25, -0.2) is 14.8 Å². The molecule has 5 heterocycles. The summed E-state index contributed by atoms with van der Waals surface area (Å²) in [5.41, 5.74) is 8.48. The Morgan fingerprint density at radius 3 is 2.57 bits per heavy atom. The van der Waals surface area contributed by atoms with Crippen LogP contribution in [0.25, 0.3) is 44.6 Å². The summed E-state index contributed by atoms with van der Waals surface area (Å²) in [5.74, 6) is 0.744. The van der Waals surface area contributed by atoms with Crippen molar-refractivity contribution in [3.05, 3.63) is 136 Å². The summed E-state index contributed by atoms with van der Waals surface area (Å²) < 4.78 is 13.3. The Morgan fingerprint density at radius 1 is 0.943 bits per heavy atom. The van der Waals surface area contributed by atoms with Gasteiger partial charge >= 0.3 is 5.97 Å². The minimum atomic E-state index is -0.300. The summed E-state index contributed by atoms with van der Waals surface area (Å²) in [5, 5.41) is 13.8. The van der Waals surface area contributed by atoms with E-state index in [0.717, 1.165) is 62.9 Å². The molecular weight excluding hydrogens is 668 g/mol. The number of nitrogens with one attached hydrogen (secondary N) is 1. The lowest BCUT2D eigenvalue weighted by Gasteiger charge is -2.17. The molecule has 1 atom stereocenters. The van der Waals surface area contributed by atoms with E-state index in [1.54, 1.807) is 30.6 Å². The quantitative estimate of drug-likeness (QED) is 0.143. The number of nitrogens with zero attached hydrogens (tertiary/aromatic N) is 5. The number of hydrogen-bond acceptors (Lipinski definition) is 10. The standard InChI is InChI=1S/C42H38N6O5/c1-26-32(10-6-12-34(26)40-46-38-36(53-40)16-19-48(20-21-49)41(38)50)33-11-7-13-35(27(33)2)45-39-37-30(14-17-43-39)22-28(23-44-37)24-47-18-15-31(25-47)52-42(51)29-8-4-3-5-9-29/h3-14,16-17,19,22-23,31,49H,15,18,20-21,24-25H2,1-2H3,(H,43,45)/t31-/m1/s1. The van der Waals surface area contributed by atoms with Gasteiger partial charge in [-0.05, 0) is 90.6 Å². The summed E-state index contributed by atoms with van der Waals surface area (Å²) in [6.07, 6.45) is 5.95. The fraction of sp³-hybridized carbons (Fsp3) is 0.214. The van der Waals surface area contributed by atoms with Crippen molar-refractivity contribution in [2.75, 3.05) is 25.0 Å². The molecule has 3 aromatic carbocycles. The Morgan fingerprint density at radius 2 is 1.74 bits per heavy atom. The van der Waals surface area contributed by atoms with Gasteiger partial charge in [0.1, 0.15) is 11.6 Å². The molecule has 1 saturated heterocycles. The van der Waals surface area contributed by atoms with Gasteiger partial charge in [-0.15, -0.1) is 0 Å². The SMILES string of the molecule is Cc1c(Nc2nccc3cc(CN4CC[C@@H](OC(=O)c5ccccc5)C4)cnc23)cccc1-c1cccc(-c2nc3c(=O)n(CCO)ccc3o2)c1C. The molecular formula is C42H38N6O5. The molecule has 266 valence electrons. The zero-order valence-electron chi connectivity index (χ0n) is 29.5. The van der Waals surface area contributed by atoms with Gasteiger partial charge in [0.25, 0.3) is 5.56 Å². The maximum Gasteiger partial charge on any atom is 0.338 e. The highest BCUT2D eigenvalue weighted by Gasteiger charge is 2.26. The number of anilines is 2. The van der Waals surface area contributed by atoms with Gasteiger partial charge in [0, 0.05) is 61.4 Å². The van der Waals surface area contributed by atoms with E-state index >= 15 is 0 Å². The number of carbonyl (C=O) groups is 1. The number of rotatable bonds is 10. The molecule has 1 aliphatic heterocycles. The Bertz CT molecular complexity index is 2530. The molecule has 53 heavy (non-hydrogen) atoms. The Hall–Kier alpha value is -6.17. The van der Waals surface area contributed by atoms with E-state index in [1.165, 1.54) is 4.57 Å². The van der Waals surface area contributed by atoms with Crippen LogP contribution in [0.1, 0.15) is 33.5 Å². The van der Waals surface area contributed by atoms with Crippen LogP contribution in [0.3, 0.4) is 0 Å². The first-order valence-corrected chi connectivity index (χ1v) is 17.7. The highest BCUT2D eigenvalue weighted by Crippen LogP contribution is 2.37. The normalized spacial score (nSPS) is 14.6. The lowest BCUT2D eigenvalue weighted by Crippen LogP contribution is -2.24. The molecule has 4 aromatic heterocycles. The van der Waals surface area contributed by atoms with Crippen molar-refractivity contribution in [2.24, 2.45) is 0 Å². The van der Waals surface area contributed by atoms with Crippen LogP contribution in [0, 0.1) is 13.8 Å². The van der Waals surface area contributed by atoms with Crippen molar-refractivity contribution < 1.29 is 19.1 Å².